The Morgan fingerprint density at radius 1 is 1.37 bits per heavy atom. The van der Waals surface area contributed by atoms with Crippen LogP contribution in [0.3, 0.4) is 0 Å². The minimum atomic E-state index is -0.317. The van der Waals surface area contributed by atoms with Crippen LogP contribution >= 0.6 is 0 Å². The predicted octanol–water partition coefficient (Wildman–Crippen LogP) is 0.894. The van der Waals surface area contributed by atoms with E-state index in [4.69, 9.17) is 0 Å². The Labute approximate surface area is 112 Å². The number of nitrogens with one attached hydrogen (secondary N) is 1. The van der Waals surface area contributed by atoms with Crippen molar-refractivity contribution in [2.45, 2.75) is 19.4 Å². The minimum Gasteiger partial charge on any atom is -0.392 e. The van der Waals surface area contributed by atoms with Crippen molar-refractivity contribution in [1.82, 2.24) is 4.90 Å². The first kappa shape index (κ1) is 13.7. The van der Waals surface area contributed by atoms with Crippen LogP contribution in [-0.4, -0.2) is 47.4 Å². The van der Waals surface area contributed by atoms with Crippen LogP contribution in [0.1, 0.15) is 23.7 Å². The molecule has 1 heterocycles. The molecule has 0 radical (unpaired) electrons. The van der Waals surface area contributed by atoms with E-state index in [2.05, 4.69) is 5.32 Å². The predicted molar refractivity (Wildman–Crippen MR) is 72.1 cm³/mol. The number of anilines is 1. The number of benzene rings is 1. The highest BCUT2D eigenvalue weighted by Gasteiger charge is 2.21. The van der Waals surface area contributed by atoms with Crippen molar-refractivity contribution in [3.63, 3.8) is 0 Å². The molecule has 19 heavy (non-hydrogen) atoms. The molecule has 102 valence electrons. The summed E-state index contributed by atoms with van der Waals surface area (Å²) < 4.78 is 0. The first-order chi connectivity index (χ1) is 9.04. The summed E-state index contributed by atoms with van der Waals surface area (Å²) in [5.74, 6) is -0.103. The Morgan fingerprint density at radius 3 is 2.58 bits per heavy atom. The van der Waals surface area contributed by atoms with Gasteiger partial charge in [0, 0.05) is 24.3 Å². The van der Waals surface area contributed by atoms with Gasteiger partial charge in [0.15, 0.2) is 5.78 Å². The number of aliphatic hydroxyl groups is 1. The van der Waals surface area contributed by atoms with Crippen LogP contribution in [0.15, 0.2) is 24.3 Å². The van der Waals surface area contributed by atoms with E-state index in [1.165, 1.54) is 6.92 Å². The number of ketones is 1. The fourth-order valence-electron chi connectivity index (χ4n) is 2.15. The van der Waals surface area contributed by atoms with Gasteiger partial charge >= 0.3 is 0 Å². The van der Waals surface area contributed by atoms with E-state index in [-0.39, 0.29) is 24.3 Å². The molecule has 0 saturated carbocycles. The summed E-state index contributed by atoms with van der Waals surface area (Å²) in [6.07, 6.45) is 0.406. The lowest BCUT2D eigenvalue weighted by molar-refractivity contribution is -0.117. The van der Waals surface area contributed by atoms with Gasteiger partial charge in [0.25, 0.3) is 0 Å². The van der Waals surface area contributed by atoms with Gasteiger partial charge in [0.1, 0.15) is 0 Å². The summed E-state index contributed by atoms with van der Waals surface area (Å²) in [5, 5.41) is 12.2. The molecule has 0 aliphatic carbocycles. The summed E-state index contributed by atoms with van der Waals surface area (Å²) in [5.41, 5.74) is 1.30. The lowest BCUT2D eigenvalue weighted by Gasteiger charge is -2.14. The molecular weight excluding hydrogens is 244 g/mol. The first-order valence-electron chi connectivity index (χ1n) is 6.36. The van der Waals surface area contributed by atoms with Crippen molar-refractivity contribution in [2.75, 3.05) is 25.0 Å². The third-order valence-electron chi connectivity index (χ3n) is 3.19. The largest absolute Gasteiger partial charge is 0.392 e. The van der Waals surface area contributed by atoms with Gasteiger partial charge in [-0.15, -0.1) is 0 Å². The monoisotopic (exact) mass is 262 g/mol. The van der Waals surface area contributed by atoms with Gasteiger partial charge in [-0.05, 0) is 37.6 Å². The average Bonchev–Trinajstić information content (AvgIpc) is 2.75. The highest BCUT2D eigenvalue weighted by molar-refractivity contribution is 5.96. The van der Waals surface area contributed by atoms with Crippen LogP contribution in [0.4, 0.5) is 5.69 Å². The van der Waals surface area contributed by atoms with Gasteiger partial charge in [-0.3, -0.25) is 14.5 Å². The molecule has 1 fully saturated rings. The number of likely N-dealkylation sites (tertiary alicyclic amines) is 1. The molecule has 0 spiro atoms. The van der Waals surface area contributed by atoms with Crippen molar-refractivity contribution < 1.29 is 14.7 Å². The second-order valence-corrected chi connectivity index (χ2v) is 4.86. The lowest BCUT2D eigenvalue weighted by Crippen LogP contribution is -2.32. The van der Waals surface area contributed by atoms with Crippen LogP contribution in [0.5, 0.6) is 0 Å². The molecule has 5 heteroatoms. The summed E-state index contributed by atoms with van der Waals surface area (Å²) in [6.45, 7) is 3.09. The smallest absolute Gasteiger partial charge is 0.238 e. The Kier molecular flexibility index (Phi) is 4.29. The Morgan fingerprint density at radius 2 is 2.05 bits per heavy atom. The molecule has 2 N–H and O–H groups in total. The number of carbonyl (C=O) groups excluding carboxylic acids is 2. The molecule has 1 aliphatic rings. The topological polar surface area (TPSA) is 69.6 Å². The molecule has 2 rings (SSSR count). The number of nitrogens with zero attached hydrogens (tertiary/aromatic N) is 1. The zero-order chi connectivity index (χ0) is 13.8. The molecule has 0 unspecified atom stereocenters. The number of hydrogen-bond donors (Lipinski definition) is 2. The van der Waals surface area contributed by atoms with E-state index in [0.29, 0.717) is 17.8 Å². The van der Waals surface area contributed by atoms with Crippen LogP contribution in [0, 0.1) is 0 Å². The first-order valence-corrected chi connectivity index (χ1v) is 6.36. The van der Waals surface area contributed by atoms with Crippen molar-refractivity contribution in [2.24, 2.45) is 0 Å². The molecular formula is C14H18N2O3. The summed E-state index contributed by atoms with van der Waals surface area (Å²) in [7, 11) is 0. The SMILES string of the molecule is CC(=O)c1ccc(NC(=O)CN2CC[C@H](O)C2)cc1. The average molecular weight is 262 g/mol. The number of Topliss-reactive ketones (excluding diaryl/α,β-unsaturated/α-hetero) is 1. The fraction of sp³-hybridized carbons (Fsp3) is 0.429. The standard InChI is InChI=1S/C14H18N2O3/c1-10(17)11-2-4-12(5-3-11)15-14(19)9-16-7-6-13(18)8-16/h2-5,13,18H,6-9H2,1H3,(H,15,19)/t13-/m0/s1. The lowest BCUT2D eigenvalue weighted by atomic mass is 10.1. The highest BCUT2D eigenvalue weighted by Crippen LogP contribution is 2.11. The van der Waals surface area contributed by atoms with Crippen molar-refractivity contribution in [1.29, 1.82) is 0 Å². The molecule has 1 aromatic rings. The Hall–Kier alpha value is -1.72. The number of carbonyl (C=O) groups is 2. The Balaban J connectivity index is 1.86. The van der Waals surface area contributed by atoms with Crippen LogP contribution in [0.2, 0.25) is 0 Å². The zero-order valence-electron chi connectivity index (χ0n) is 10.9. The third-order valence-corrected chi connectivity index (χ3v) is 3.19. The van der Waals surface area contributed by atoms with Crippen LogP contribution in [0.25, 0.3) is 0 Å². The van der Waals surface area contributed by atoms with E-state index < -0.39 is 0 Å². The maximum atomic E-state index is 11.8. The van der Waals surface area contributed by atoms with Gasteiger partial charge < -0.3 is 10.4 Å². The van der Waals surface area contributed by atoms with Gasteiger partial charge in [-0.2, -0.15) is 0 Å². The second-order valence-electron chi connectivity index (χ2n) is 4.86. The molecule has 1 aromatic carbocycles. The van der Waals surface area contributed by atoms with E-state index in [1.807, 2.05) is 4.90 Å². The van der Waals surface area contributed by atoms with E-state index in [0.717, 1.165) is 13.0 Å². The fourth-order valence-corrected chi connectivity index (χ4v) is 2.15. The molecule has 1 saturated heterocycles. The van der Waals surface area contributed by atoms with E-state index in [1.54, 1.807) is 24.3 Å². The quantitative estimate of drug-likeness (QED) is 0.791. The van der Waals surface area contributed by atoms with Gasteiger partial charge in [0.05, 0.1) is 12.6 Å². The zero-order valence-corrected chi connectivity index (χ0v) is 10.9. The van der Waals surface area contributed by atoms with Gasteiger partial charge in [-0.25, -0.2) is 0 Å². The molecule has 1 aliphatic heterocycles. The second kappa shape index (κ2) is 5.95. The summed E-state index contributed by atoms with van der Waals surface area (Å²) in [4.78, 5) is 24.8. The molecule has 1 atom stereocenters. The van der Waals surface area contributed by atoms with Gasteiger partial charge in [0.2, 0.25) is 5.91 Å². The molecule has 0 bridgehead atoms. The molecule has 0 aromatic heterocycles. The van der Waals surface area contributed by atoms with Crippen molar-refractivity contribution >= 4 is 17.4 Å². The van der Waals surface area contributed by atoms with Crippen molar-refractivity contribution in [3.05, 3.63) is 29.8 Å². The van der Waals surface area contributed by atoms with Gasteiger partial charge in [-0.1, -0.05) is 0 Å². The number of β-amino-alcohol motifs (C(OH)–C–C–N with tert-alkyl or cyclic N) is 1. The van der Waals surface area contributed by atoms with Crippen molar-refractivity contribution in [3.8, 4) is 0 Å². The van der Waals surface area contributed by atoms with E-state index >= 15 is 0 Å². The number of rotatable bonds is 4. The number of hydrogen-bond acceptors (Lipinski definition) is 4. The minimum absolute atomic E-state index is 0.00364. The van der Waals surface area contributed by atoms with Crippen LogP contribution in [-0.2, 0) is 4.79 Å². The maximum absolute atomic E-state index is 11.8. The number of aliphatic hydroxyl groups excluding tert-OH is 1. The maximum Gasteiger partial charge on any atom is 0.238 e. The third kappa shape index (κ3) is 3.87. The summed E-state index contributed by atoms with van der Waals surface area (Å²) >= 11 is 0. The highest BCUT2D eigenvalue weighted by atomic mass is 16.3. The summed E-state index contributed by atoms with van der Waals surface area (Å²) in [6, 6.07) is 6.82. The van der Waals surface area contributed by atoms with E-state index in [9.17, 15) is 14.7 Å². The number of amides is 1. The molecule has 1 amide bonds. The Bertz CT molecular complexity index is 470. The normalized spacial score (nSPS) is 19.4. The molecule has 5 nitrogen and oxygen atoms in total. The van der Waals surface area contributed by atoms with Crippen LogP contribution < -0.4 is 5.32 Å².